The van der Waals surface area contributed by atoms with Crippen LogP contribution in [-0.4, -0.2) is 23.6 Å². The minimum absolute atomic E-state index is 0. The van der Waals surface area contributed by atoms with E-state index in [1.54, 1.807) is 12.1 Å². The number of amides is 4. The maximum atomic E-state index is 13.2. The Balaban J connectivity index is 0.000000211. The maximum absolute atomic E-state index is 13.2. The van der Waals surface area contributed by atoms with Crippen LogP contribution >= 0.6 is 0 Å². The van der Waals surface area contributed by atoms with Crippen molar-refractivity contribution in [1.29, 1.82) is 0 Å². The van der Waals surface area contributed by atoms with Crippen LogP contribution in [0.15, 0.2) is 60.7 Å². The number of halogens is 4. The molecule has 0 unspecified atom stereocenters. The molecule has 2 aliphatic carbocycles. The molecule has 0 spiro atoms. The van der Waals surface area contributed by atoms with E-state index in [9.17, 15) is 36.7 Å². The van der Waals surface area contributed by atoms with Crippen molar-refractivity contribution in [3.05, 3.63) is 108 Å². The number of nitrogens with zero attached hydrogens (tertiary/aromatic N) is 2. The molecule has 2 aromatic carbocycles. The van der Waals surface area contributed by atoms with Crippen molar-refractivity contribution in [2.75, 3.05) is 9.80 Å². The van der Waals surface area contributed by atoms with Gasteiger partial charge in [-0.15, -0.1) is 49.2 Å². The fourth-order valence-corrected chi connectivity index (χ4v) is 3.59. The first-order valence-corrected chi connectivity index (χ1v) is 12.1. The summed E-state index contributed by atoms with van der Waals surface area (Å²) in [6, 6.07) is 7.58. The molecule has 0 aromatic heterocycles. The fraction of sp³-hybridized carbons (Fsp3) is 0.200. The van der Waals surface area contributed by atoms with Crippen LogP contribution in [0.1, 0.15) is 38.5 Å². The second kappa shape index (κ2) is 16.4. The Hall–Kier alpha value is -3.89. The smallest absolute Gasteiger partial charge is 0.304 e. The van der Waals surface area contributed by atoms with E-state index in [4.69, 9.17) is 0 Å². The summed E-state index contributed by atoms with van der Waals surface area (Å²) < 4.78 is 51.5. The van der Waals surface area contributed by atoms with E-state index in [-0.39, 0.29) is 58.8 Å². The van der Waals surface area contributed by atoms with E-state index in [0.29, 0.717) is 0 Å². The normalized spacial score (nSPS) is 16.2. The van der Waals surface area contributed by atoms with Crippen molar-refractivity contribution in [2.45, 2.75) is 38.5 Å². The van der Waals surface area contributed by atoms with E-state index in [2.05, 4.69) is 24.3 Å². The average Bonchev–Trinajstić information content (AvgIpc) is 3.74. The molecule has 208 valence electrons. The molecule has 4 aliphatic rings. The van der Waals surface area contributed by atoms with Crippen molar-refractivity contribution in [2.24, 2.45) is 0 Å². The Morgan fingerprint density at radius 1 is 0.561 bits per heavy atom. The van der Waals surface area contributed by atoms with Crippen LogP contribution in [0.4, 0.5) is 28.9 Å². The van der Waals surface area contributed by atoms with Gasteiger partial charge in [-0.05, 0) is 11.4 Å². The second-order valence-corrected chi connectivity index (χ2v) is 8.26. The molecule has 2 aliphatic heterocycles. The number of hydrogen-bond donors (Lipinski definition) is 0. The molecule has 2 saturated heterocycles. The van der Waals surface area contributed by atoms with E-state index in [1.807, 2.05) is 24.3 Å². The Kier molecular flexibility index (Phi) is 13.3. The molecule has 0 bridgehead atoms. The number of allylic oxidation sites excluding steroid dienone is 8. The molecule has 11 heteroatoms. The molecule has 2 fully saturated rings. The van der Waals surface area contributed by atoms with Gasteiger partial charge in [-0.3, -0.25) is 31.3 Å². The summed E-state index contributed by atoms with van der Waals surface area (Å²) in [6.07, 6.45) is 20.3. The quantitative estimate of drug-likeness (QED) is 0.200. The molecule has 2 aromatic rings. The first-order valence-electron chi connectivity index (χ1n) is 12.1. The molecule has 6 nitrogen and oxygen atoms in total. The zero-order valence-electron chi connectivity index (χ0n) is 21.6. The third-order valence-corrected chi connectivity index (χ3v) is 5.44. The minimum Gasteiger partial charge on any atom is -0.304 e. The summed E-state index contributed by atoms with van der Waals surface area (Å²) in [5, 5.41) is 0. The summed E-state index contributed by atoms with van der Waals surface area (Å²) in [7, 11) is 0. The first kappa shape index (κ1) is 33.3. The maximum Gasteiger partial charge on any atom is 4.00 e. The average molecular weight is 598 g/mol. The topological polar surface area (TPSA) is 74.8 Å². The summed E-state index contributed by atoms with van der Waals surface area (Å²) in [5.41, 5.74) is -0.465. The van der Waals surface area contributed by atoms with Gasteiger partial charge in [0.2, 0.25) is 23.6 Å². The van der Waals surface area contributed by atoms with E-state index >= 15 is 0 Å². The fourth-order valence-electron chi connectivity index (χ4n) is 3.59. The van der Waals surface area contributed by atoms with Gasteiger partial charge in [-0.2, -0.15) is 12.2 Å². The summed E-state index contributed by atoms with van der Waals surface area (Å²) in [4.78, 5) is 46.5. The van der Waals surface area contributed by atoms with Crippen LogP contribution in [0.25, 0.3) is 0 Å². The Morgan fingerprint density at radius 2 is 0.902 bits per heavy atom. The predicted molar refractivity (Wildman–Crippen MR) is 137 cm³/mol. The SMILES string of the molecule is O=C1CCC(=O)N1c1ccc(F)[c-]c1F.O=C1CCC(=O)N1c1ccc(F)[c-]c1F.[C-]1=CC=CC1.[C-]1=CC=CC1.[Ti+4]. The van der Waals surface area contributed by atoms with Gasteiger partial charge < -0.3 is 9.80 Å². The molecule has 0 saturated carbocycles. The van der Waals surface area contributed by atoms with E-state index < -0.39 is 46.9 Å². The summed E-state index contributed by atoms with van der Waals surface area (Å²) in [5.74, 6) is -5.68. The van der Waals surface area contributed by atoms with Gasteiger partial charge >= 0.3 is 21.7 Å². The van der Waals surface area contributed by atoms with Gasteiger partial charge in [0.25, 0.3) is 0 Å². The van der Waals surface area contributed by atoms with Crippen LogP contribution in [0, 0.1) is 47.6 Å². The summed E-state index contributed by atoms with van der Waals surface area (Å²) in [6.45, 7) is 0. The molecule has 2 heterocycles. The molecule has 0 radical (unpaired) electrons. The van der Waals surface area contributed by atoms with Crippen molar-refractivity contribution in [1.82, 2.24) is 0 Å². The number of imide groups is 2. The monoisotopic (exact) mass is 598 g/mol. The van der Waals surface area contributed by atoms with Crippen molar-refractivity contribution in [3.63, 3.8) is 0 Å². The molecule has 41 heavy (non-hydrogen) atoms. The largest absolute Gasteiger partial charge is 4.00 e. The molecule has 0 atom stereocenters. The Morgan fingerprint density at radius 3 is 1.12 bits per heavy atom. The molecule has 0 N–H and O–H groups in total. The zero-order chi connectivity index (χ0) is 29.1. The molecule has 4 amide bonds. The van der Waals surface area contributed by atoms with Crippen molar-refractivity contribution < 1.29 is 58.5 Å². The number of anilines is 2. The predicted octanol–water partition coefficient (Wildman–Crippen LogP) is 5.45. The van der Waals surface area contributed by atoms with Gasteiger partial charge in [0.15, 0.2) is 0 Å². The van der Waals surface area contributed by atoms with Gasteiger partial charge in [-0.25, -0.2) is 41.9 Å². The van der Waals surface area contributed by atoms with Gasteiger partial charge in [0, 0.05) is 49.0 Å². The number of benzene rings is 2. The van der Waals surface area contributed by atoms with Crippen molar-refractivity contribution >= 4 is 35.0 Å². The van der Waals surface area contributed by atoms with Crippen LogP contribution in [0.5, 0.6) is 0 Å². The molecule has 6 rings (SSSR count). The van der Waals surface area contributed by atoms with E-state index in [0.717, 1.165) is 46.9 Å². The second-order valence-electron chi connectivity index (χ2n) is 8.26. The first-order chi connectivity index (χ1) is 19.2. The number of carbonyl (C=O) groups is 4. The summed E-state index contributed by atoms with van der Waals surface area (Å²) >= 11 is 0. The van der Waals surface area contributed by atoms with Gasteiger partial charge in [0.05, 0.1) is 0 Å². The van der Waals surface area contributed by atoms with Crippen LogP contribution in [0.2, 0.25) is 0 Å². The van der Waals surface area contributed by atoms with Gasteiger partial charge in [0.1, 0.15) is 0 Å². The molecular weight excluding hydrogens is 576 g/mol. The minimum atomic E-state index is -1.03. The van der Waals surface area contributed by atoms with Crippen LogP contribution in [-0.2, 0) is 40.9 Å². The number of rotatable bonds is 2. The number of carbonyl (C=O) groups excluding carboxylic acids is 4. The third-order valence-electron chi connectivity index (χ3n) is 5.44. The van der Waals surface area contributed by atoms with Crippen LogP contribution < -0.4 is 9.80 Å². The Labute approximate surface area is 249 Å². The van der Waals surface area contributed by atoms with Gasteiger partial charge in [-0.1, -0.05) is 0 Å². The third kappa shape index (κ3) is 9.62. The van der Waals surface area contributed by atoms with Crippen molar-refractivity contribution in [3.8, 4) is 0 Å². The van der Waals surface area contributed by atoms with E-state index in [1.165, 1.54) is 0 Å². The number of hydrogen-bond acceptors (Lipinski definition) is 4. The van der Waals surface area contributed by atoms with Crippen LogP contribution in [0.3, 0.4) is 0 Å². The zero-order valence-corrected chi connectivity index (χ0v) is 23.1. The standard InChI is InChI=1S/2C10H6F2NO2.2C5H5.Ti/c2*11-6-1-2-8(7(12)5-6)13-9(14)3-4-10(13)15;2*1-2-4-5-3-1;/h2*1-2H,3-4H2;2*1-3H,4H2;/q4*-1;+4. The molecular formula is C30H22F4N2O4Ti. The Bertz CT molecular complexity index is 1250.